The number of rotatable bonds is 5. The highest BCUT2D eigenvalue weighted by Gasteiger charge is 2.52. The molecule has 2 heterocycles. The number of furan rings is 1. The number of halogens is 3. The molecule has 150 valence electrons. The average Bonchev–Trinajstić information content (AvgIpc) is 3.28. The second kappa shape index (κ2) is 7.67. The van der Waals surface area contributed by atoms with E-state index in [4.69, 9.17) is 14.3 Å². The third-order valence-corrected chi connectivity index (χ3v) is 4.77. The van der Waals surface area contributed by atoms with Crippen molar-refractivity contribution in [3.63, 3.8) is 0 Å². The van der Waals surface area contributed by atoms with Crippen molar-refractivity contribution in [1.29, 1.82) is 0 Å². The lowest BCUT2D eigenvalue weighted by Gasteiger charge is -2.18. The Bertz CT molecular complexity index is 876. The lowest BCUT2D eigenvalue weighted by atomic mass is 9.96. The normalized spacial score (nSPS) is 20.3. The predicted molar refractivity (Wildman–Crippen MR) is 91.4 cm³/mol. The van der Waals surface area contributed by atoms with Gasteiger partial charge in [-0.3, -0.25) is 9.69 Å². The first-order valence-electron chi connectivity index (χ1n) is 8.49. The highest BCUT2D eigenvalue weighted by molar-refractivity contribution is 5.96. The van der Waals surface area contributed by atoms with Crippen LogP contribution in [0.1, 0.15) is 16.1 Å². The number of nitrogens with zero attached hydrogens (tertiary/aromatic N) is 1. The molecule has 6 nitrogen and oxygen atoms in total. The predicted octanol–water partition coefficient (Wildman–Crippen LogP) is 3.43. The molecule has 2 aromatic rings. The van der Waals surface area contributed by atoms with Crippen molar-refractivity contribution in [3.05, 3.63) is 47.7 Å². The van der Waals surface area contributed by atoms with E-state index in [0.29, 0.717) is 22.6 Å². The average molecular weight is 397 g/mol. The van der Waals surface area contributed by atoms with Gasteiger partial charge in [-0.2, -0.15) is 13.2 Å². The Kier molecular flexibility index (Phi) is 5.46. The first kappa shape index (κ1) is 19.9. The van der Waals surface area contributed by atoms with Crippen LogP contribution in [0.5, 0.6) is 0 Å². The maximum atomic E-state index is 13.1. The van der Waals surface area contributed by atoms with E-state index >= 15 is 0 Å². The van der Waals surface area contributed by atoms with Crippen LogP contribution in [0, 0.1) is 11.8 Å². The van der Waals surface area contributed by atoms with Gasteiger partial charge in [0.25, 0.3) is 0 Å². The molecule has 1 aliphatic heterocycles. The number of carbonyl (C=O) groups is 2. The van der Waals surface area contributed by atoms with Crippen molar-refractivity contribution in [3.8, 4) is 11.3 Å². The number of ether oxygens (including phenoxy) is 1. The quantitative estimate of drug-likeness (QED) is 0.779. The number of hydrogen-bond donors (Lipinski definition) is 1. The van der Waals surface area contributed by atoms with E-state index in [1.807, 2.05) is 0 Å². The fourth-order valence-corrected chi connectivity index (χ4v) is 3.41. The van der Waals surface area contributed by atoms with Crippen molar-refractivity contribution in [2.75, 3.05) is 20.2 Å². The number of hydrogen-bond acceptors (Lipinski definition) is 5. The summed E-state index contributed by atoms with van der Waals surface area (Å²) in [6.07, 6.45) is -4.58. The summed E-state index contributed by atoms with van der Waals surface area (Å²) >= 11 is 0. The summed E-state index contributed by atoms with van der Waals surface area (Å²) in [5, 5.41) is 9.10. The van der Waals surface area contributed by atoms with Gasteiger partial charge in [0.1, 0.15) is 11.5 Å². The van der Waals surface area contributed by atoms with E-state index in [9.17, 15) is 22.8 Å². The topological polar surface area (TPSA) is 80.0 Å². The second-order valence-corrected chi connectivity index (χ2v) is 6.59. The highest BCUT2D eigenvalue weighted by Crippen LogP contribution is 2.38. The Morgan fingerprint density at radius 2 is 1.93 bits per heavy atom. The van der Waals surface area contributed by atoms with Crippen LogP contribution >= 0.6 is 0 Å². The molecular weight excluding hydrogens is 379 g/mol. The Labute approximate surface area is 158 Å². The molecule has 1 saturated heterocycles. The summed E-state index contributed by atoms with van der Waals surface area (Å²) in [6.45, 7) is -0.583. The molecular formula is C19H18F3NO5. The fraction of sp³-hybridized carbons (Fsp3) is 0.368. The van der Waals surface area contributed by atoms with Crippen LogP contribution in [-0.4, -0.2) is 48.3 Å². The molecule has 0 radical (unpaired) electrons. The molecule has 0 aliphatic carbocycles. The molecule has 1 fully saturated rings. The zero-order valence-electron chi connectivity index (χ0n) is 14.9. The van der Waals surface area contributed by atoms with Gasteiger partial charge in [-0.05, 0) is 18.2 Å². The van der Waals surface area contributed by atoms with Crippen LogP contribution in [0.25, 0.3) is 11.3 Å². The number of carboxylic acid groups (broad SMARTS) is 1. The van der Waals surface area contributed by atoms with Crippen molar-refractivity contribution < 1.29 is 37.0 Å². The molecule has 9 heteroatoms. The summed E-state index contributed by atoms with van der Waals surface area (Å²) in [5.41, 5.74) is 0.800. The summed E-state index contributed by atoms with van der Waals surface area (Å²) in [7, 11) is 1.26. The van der Waals surface area contributed by atoms with Crippen molar-refractivity contribution >= 4 is 11.9 Å². The minimum Gasteiger partial charge on any atom is -0.481 e. The summed E-state index contributed by atoms with van der Waals surface area (Å²) in [6, 6.07) is 9.85. The SMILES string of the molecule is COC(=O)c1ccccc1-c1ccc(CN2C[C@@H](C(F)(F)F)[C@H](C(=O)O)C2)o1. The van der Waals surface area contributed by atoms with E-state index in [2.05, 4.69) is 0 Å². The van der Waals surface area contributed by atoms with Crippen LogP contribution in [0.2, 0.25) is 0 Å². The maximum absolute atomic E-state index is 13.1. The second-order valence-electron chi connectivity index (χ2n) is 6.59. The van der Waals surface area contributed by atoms with Crippen LogP contribution in [-0.2, 0) is 16.1 Å². The monoisotopic (exact) mass is 397 g/mol. The Morgan fingerprint density at radius 3 is 2.54 bits per heavy atom. The molecule has 28 heavy (non-hydrogen) atoms. The number of benzene rings is 1. The molecule has 1 aliphatic rings. The Morgan fingerprint density at radius 1 is 1.21 bits per heavy atom. The smallest absolute Gasteiger partial charge is 0.393 e. The molecule has 2 atom stereocenters. The van der Waals surface area contributed by atoms with Gasteiger partial charge in [-0.1, -0.05) is 18.2 Å². The fourth-order valence-electron chi connectivity index (χ4n) is 3.41. The summed E-state index contributed by atoms with van der Waals surface area (Å²) < 4.78 is 49.8. The van der Waals surface area contributed by atoms with Crippen LogP contribution in [0.4, 0.5) is 13.2 Å². The zero-order valence-corrected chi connectivity index (χ0v) is 14.9. The number of carboxylic acids is 1. The number of carbonyl (C=O) groups excluding carboxylic acids is 1. The number of alkyl halides is 3. The van der Waals surface area contributed by atoms with Gasteiger partial charge in [0, 0.05) is 18.7 Å². The van der Waals surface area contributed by atoms with Gasteiger partial charge in [-0.15, -0.1) is 0 Å². The summed E-state index contributed by atoms with van der Waals surface area (Å²) in [5.74, 6) is -4.67. The minimum absolute atomic E-state index is 0.0384. The van der Waals surface area contributed by atoms with Crippen molar-refractivity contribution in [1.82, 2.24) is 4.90 Å². The standard InChI is InChI=1S/C19H18F3NO5/c1-27-18(26)13-5-3-2-4-12(13)16-7-6-11(28-16)8-23-9-14(17(24)25)15(10-23)19(20,21)22/h2-7,14-15H,8-10H2,1H3,(H,24,25)/t14-,15-/m1/s1. The van der Waals surface area contributed by atoms with Crippen LogP contribution in [0.3, 0.4) is 0 Å². The molecule has 0 amide bonds. The lowest BCUT2D eigenvalue weighted by Crippen LogP contribution is -2.33. The maximum Gasteiger partial charge on any atom is 0.393 e. The van der Waals surface area contributed by atoms with Crippen LogP contribution in [0.15, 0.2) is 40.8 Å². The number of aliphatic carboxylic acids is 1. The molecule has 0 bridgehead atoms. The molecule has 1 aromatic carbocycles. The lowest BCUT2D eigenvalue weighted by molar-refractivity contribution is -0.188. The van der Waals surface area contributed by atoms with E-state index in [1.54, 1.807) is 36.4 Å². The Balaban J connectivity index is 1.78. The third kappa shape index (κ3) is 4.04. The van der Waals surface area contributed by atoms with Gasteiger partial charge in [0.15, 0.2) is 0 Å². The molecule has 3 rings (SSSR count). The van der Waals surface area contributed by atoms with Gasteiger partial charge >= 0.3 is 18.1 Å². The van der Waals surface area contributed by atoms with Gasteiger partial charge < -0.3 is 14.3 Å². The first-order valence-corrected chi connectivity index (χ1v) is 8.49. The number of likely N-dealkylation sites (tertiary alicyclic amines) is 1. The highest BCUT2D eigenvalue weighted by atomic mass is 19.4. The van der Waals surface area contributed by atoms with E-state index < -0.39 is 36.5 Å². The number of methoxy groups -OCH3 is 1. The zero-order chi connectivity index (χ0) is 20.5. The molecule has 0 saturated carbocycles. The van der Waals surface area contributed by atoms with Gasteiger partial charge in [0.05, 0.1) is 31.1 Å². The number of esters is 1. The van der Waals surface area contributed by atoms with E-state index in [-0.39, 0.29) is 13.1 Å². The Hall–Kier alpha value is -2.81. The van der Waals surface area contributed by atoms with Gasteiger partial charge in [-0.25, -0.2) is 4.79 Å². The minimum atomic E-state index is -4.58. The summed E-state index contributed by atoms with van der Waals surface area (Å²) in [4.78, 5) is 24.5. The van der Waals surface area contributed by atoms with Crippen molar-refractivity contribution in [2.24, 2.45) is 11.8 Å². The van der Waals surface area contributed by atoms with E-state index in [0.717, 1.165) is 0 Å². The molecule has 0 spiro atoms. The first-order chi connectivity index (χ1) is 13.2. The molecule has 1 aromatic heterocycles. The molecule has 0 unspecified atom stereocenters. The largest absolute Gasteiger partial charge is 0.481 e. The van der Waals surface area contributed by atoms with Crippen molar-refractivity contribution in [2.45, 2.75) is 12.7 Å². The molecule has 1 N–H and O–H groups in total. The van der Waals surface area contributed by atoms with E-state index in [1.165, 1.54) is 12.0 Å². The van der Waals surface area contributed by atoms with Crippen LogP contribution < -0.4 is 0 Å². The van der Waals surface area contributed by atoms with Gasteiger partial charge in [0.2, 0.25) is 0 Å². The third-order valence-electron chi connectivity index (χ3n) is 4.77.